The van der Waals surface area contributed by atoms with Crippen LogP contribution >= 0.6 is 11.6 Å². The van der Waals surface area contributed by atoms with E-state index in [0.717, 1.165) is 22.0 Å². The lowest BCUT2D eigenvalue weighted by Gasteiger charge is -2.27. The van der Waals surface area contributed by atoms with Crippen LogP contribution in [-0.4, -0.2) is 18.1 Å². The lowest BCUT2D eigenvalue weighted by Crippen LogP contribution is -2.25. The summed E-state index contributed by atoms with van der Waals surface area (Å²) >= 11 is 6.47. The Bertz CT molecular complexity index is 1080. The van der Waals surface area contributed by atoms with E-state index in [4.69, 9.17) is 26.8 Å². The fraction of sp³-hybridized carbons (Fsp3) is 0.250. The number of halogens is 1. The molecule has 1 aromatic heterocycles. The molecule has 1 unspecified atom stereocenters. The molecule has 3 rings (SSSR count). The number of esters is 1. The average Bonchev–Trinajstić information content (AvgIpc) is 2.60. The van der Waals surface area contributed by atoms with E-state index in [9.17, 15) is 10.1 Å². The number of allylic oxidation sites excluding steroid dienone is 2. The molecule has 2 N–H and O–H groups in total. The summed E-state index contributed by atoms with van der Waals surface area (Å²) in [6.07, 6.45) is 0. The number of aromatic nitrogens is 1. The lowest BCUT2D eigenvalue weighted by molar-refractivity contribution is -0.136. The number of hydrogen-bond acceptors (Lipinski definition) is 6. The van der Waals surface area contributed by atoms with Gasteiger partial charge in [0.05, 0.1) is 24.1 Å². The molecule has 0 saturated carbocycles. The molecule has 1 atom stereocenters. The van der Waals surface area contributed by atoms with Gasteiger partial charge in [-0.05, 0) is 44.0 Å². The lowest BCUT2D eigenvalue weighted by atomic mass is 9.83. The zero-order chi connectivity index (χ0) is 19.9. The SMILES string of the molecule is COC(=O)C1=C(C)OC(N)=C(C#N)C1c1cc2c(C)cc(C)cc2nc1Cl. The smallest absolute Gasteiger partial charge is 0.338 e. The number of hydrogen-bond donors (Lipinski definition) is 1. The summed E-state index contributed by atoms with van der Waals surface area (Å²) in [7, 11) is 1.26. The summed E-state index contributed by atoms with van der Waals surface area (Å²) in [4.78, 5) is 16.9. The average molecular weight is 384 g/mol. The van der Waals surface area contributed by atoms with Gasteiger partial charge in [0.15, 0.2) is 0 Å². The molecule has 0 saturated heterocycles. The van der Waals surface area contributed by atoms with Crippen LogP contribution in [0.3, 0.4) is 0 Å². The molecule has 138 valence electrons. The molecule has 6 nitrogen and oxygen atoms in total. The second-order valence-corrected chi connectivity index (χ2v) is 6.76. The van der Waals surface area contributed by atoms with Crippen LogP contribution < -0.4 is 5.73 Å². The molecule has 1 aliphatic rings. The number of benzene rings is 1. The van der Waals surface area contributed by atoms with Gasteiger partial charge in [0, 0.05) is 10.9 Å². The molecule has 0 amide bonds. The molecule has 1 aliphatic heterocycles. The van der Waals surface area contributed by atoms with Gasteiger partial charge in [-0.3, -0.25) is 0 Å². The maximum atomic E-state index is 12.4. The fourth-order valence-corrected chi connectivity index (χ4v) is 3.65. The minimum absolute atomic E-state index is 0.0653. The number of carbonyl (C=O) groups is 1. The Morgan fingerprint density at radius 2 is 2.04 bits per heavy atom. The molecular weight excluding hydrogens is 366 g/mol. The second kappa shape index (κ2) is 6.93. The molecule has 0 spiro atoms. The molecule has 2 heterocycles. The summed E-state index contributed by atoms with van der Waals surface area (Å²) in [6, 6.07) is 7.84. The van der Waals surface area contributed by atoms with Crippen molar-refractivity contribution in [1.29, 1.82) is 5.26 Å². The Kier molecular flexibility index (Phi) is 4.81. The largest absolute Gasteiger partial charge is 0.466 e. The first-order chi connectivity index (χ1) is 12.8. The first kappa shape index (κ1) is 18.7. The highest BCUT2D eigenvalue weighted by molar-refractivity contribution is 6.31. The van der Waals surface area contributed by atoms with Gasteiger partial charge in [-0.15, -0.1) is 0 Å². The Morgan fingerprint density at radius 1 is 1.33 bits per heavy atom. The highest BCUT2D eigenvalue weighted by Gasteiger charge is 2.37. The quantitative estimate of drug-likeness (QED) is 0.626. The van der Waals surface area contributed by atoms with Gasteiger partial charge >= 0.3 is 5.97 Å². The summed E-state index contributed by atoms with van der Waals surface area (Å²) in [5.41, 5.74) is 9.49. The monoisotopic (exact) mass is 383 g/mol. The zero-order valence-corrected chi connectivity index (χ0v) is 16.1. The van der Waals surface area contributed by atoms with E-state index in [1.165, 1.54) is 7.11 Å². The van der Waals surface area contributed by atoms with Crippen molar-refractivity contribution < 1.29 is 14.3 Å². The molecule has 27 heavy (non-hydrogen) atoms. The number of aryl methyl sites for hydroxylation is 2. The van der Waals surface area contributed by atoms with E-state index in [0.29, 0.717) is 5.56 Å². The molecule has 2 aromatic rings. The third-order valence-corrected chi connectivity index (χ3v) is 4.89. The predicted molar refractivity (Wildman–Crippen MR) is 102 cm³/mol. The van der Waals surface area contributed by atoms with E-state index in [1.807, 2.05) is 38.1 Å². The standard InChI is InChI=1S/C20H18ClN3O3/c1-9-5-10(2)12-7-13(18(21)24-15(12)6-9)17-14(8-22)19(23)27-11(3)16(17)20(25)26-4/h5-7,17H,23H2,1-4H3. The Morgan fingerprint density at radius 3 is 2.67 bits per heavy atom. The second-order valence-electron chi connectivity index (χ2n) is 6.40. The first-order valence-electron chi connectivity index (χ1n) is 8.22. The highest BCUT2D eigenvalue weighted by atomic mass is 35.5. The highest BCUT2D eigenvalue weighted by Crippen LogP contribution is 2.42. The Balaban J connectivity index is 2.34. The molecule has 1 aromatic carbocycles. The van der Waals surface area contributed by atoms with Gasteiger partial charge < -0.3 is 15.2 Å². The summed E-state index contributed by atoms with van der Waals surface area (Å²) in [5, 5.41) is 10.7. The van der Waals surface area contributed by atoms with Crippen LogP contribution in [0.15, 0.2) is 41.0 Å². The van der Waals surface area contributed by atoms with Crippen molar-refractivity contribution in [2.75, 3.05) is 7.11 Å². The van der Waals surface area contributed by atoms with Gasteiger partial charge in [0.25, 0.3) is 0 Å². The minimum Gasteiger partial charge on any atom is -0.466 e. The van der Waals surface area contributed by atoms with Crippen molar-refractivity contribution >= 4 is 28.5 Å². The van der Waals surface area contributed by atoms with Crippen molar-refractivity contribution in [1.82, 2.24) is 4.98 Å². The van der Waals surface area contributed by atoms with Crippen LogP contribution in [-0.2, 0) is 14.3 Å². The molecular formula is C20H18ClN3O3. The number of fused-ring (bicyclic) bond motifs is 1. The summed E-state index contributed by atoms with van der Waals surface area (Å²) in [6.45, 7) is 5.54. The van der Waals surface area contributed by atoms with Crippen molar-refractivity contribution in [3.05, 3.63) is 62.8 Å². The van der Waals surface area contributed by atoms with Crippen molar-refractivity contribution in [2.24, 2.45) is 5.73 Å². The molecule has 0 aliphatic carbocycles. The van der Waals surface area contributed by atoms with Crippen LogP contribution in [0.25, 0.3) is 10.9 Å². The van der Waals surface area contributed by atoms with E-state index in [2.05, 4.69) is 4.98 Å². The van der Waals surface area contributed by atoms with Crippen LogP contribution in [0.5, 0.6) is 0 Å². The van der Waals surface area contributed by atoms with Crippen LogP contribution in [0, 0.1) is 25.2 Å². The van der Waals surface area contributed by atoms with E-state index in [-0.39, 0.29) is 27.9 Å². The summed E-state index contributed by atoms with van der Waals surface area (Å²) in [5.74, 6) is -1.24. The van der Waals surface area contributed by atoms with Gasteiger partial charge in [0.2, 0.25) is 5.88 Å². The molecule has 0 bridgehead atoms. The van der Waals surface area contributed by atoms with Gasteiger partial charge in [-0.1, -0.05) is 17.7 Å². The van der Waals surface area contributed by atoms with E-state index in [1.54, 1.807) is 6.92 Å². The van der Waals surface area contributed by atoms with Crippen LogP contribution in [0.1, 0.15) is 29.5 Å². The Labute approximate surface area is 161 Å². The number of carbonyl (C=O) groups excluding carboxylic acids is 1. The topological polar surface area (TPSA) is 98.2 Å². The number of nitrogens with zero attached hydrogens (tertiary/aromatic N) is 2. The maximum Gasteiger partial charge on any atom is 0.338 e. The van der Waals surface area contributed by atoms with Gasteiger partial charge in [-0.2, -0.15) is 5.26 Å². The number of rotatable bonds is 2. The van der Waals surface area contributed by atoms with E-state index < -0.39 is 11.9 Å². The normalized spacial score (nSPS) is 17.0. The van der Waals surface area contributed by atoms with Crippen molar-refractivity contribution in [3.8, 4) is 6.07 Å². The summed E-state index contributed by atoms with van der Waals surface area (Å²) < 4.78 is 10.3. The van der Waals surface area contributed by atoms with Gasteiger partial charge in [0.1, 0.15) is 22.6 Å². The number of nitrogens with two attached hydrogens (primary N) is 1. The molecule has 0 radical (unpaired) electrons. The number of nitriles is 1. The number of ether oxygens (including phenoxy) is 2. The minimum atomic E-state index is -0.818. The molecule has 0 fully saturated rings. The Hall–Kier alpha value is -3.04. The number of methoxy groups -OCH3 is 1. The van der Waals surface area contributed by atoms with Crippen molar-refractivity contribution in [3.63, 3.8) is 0 Å². The van der Waals surface area contributed by atoms with E-state index >= 15 is 0 Å². The predicted octanol–water partition coefficient (Wildman–Crippen LogP) is 3.76. The number of pyridine rings is 1. The zero-order valence-electron chi connectivity index (χ0n) is 15.4. The van der Waals surface area contributed by atoms with Crippen molar-refractivity contribution in [2.45, 2.75) is 26.7 Å². The first-order valence-corrected chi connectivity index (χ1v) is 8.60. The third kappa shape index (κ3) is 3.11. The van der Waals surface area contributed by atoms with Crippen LogP contribution in [0.2, 0.25) is 5.15 Å². The third-order valence-electron chi connectivity index (χ3n) is 4.59. The van der Waals surface area contributed by atoms with Gasteiger partial charge in [-0.25, -0.2) is 9.78 Å². The van der Waals surface area contributed by atoms with Crippen LogP contribution in [0.4, 0.5) is 0 Å². The fourth-order valence-electron chi connectivity index (χ4n) is 3.39. The maximum absolute atomic E-state index is 12.4. The molecule has 7 heteroatoms.